The van der Waals surface area contributed by atoms with Crippen molar-refractivity contribution in [1.82, 2.24) is 0 Å². The van der Waals surface area contributed by atoms with Gasteiger partial charge in [0, 0.05) is 0 Å². The third-order valence-electron chi connectivity index (χ3n) is 0.559. The van der Waals surface area contributed by atoms with Gasteiger partial charge in [0.25, 0.3) is 0 Å². The third kappa shape index (κ3) is 2.69. The Bertz CT molecular complexity index is 55.0. The first-order valence-corrected chi connectivity index (χ1v) is 3.03. The second kappa shape index (κ2) is 3.65. The van der Waals surface area contributed by atoms with Gasteiger partial charge in [-0.2, -0.15) is 0 Å². The van der Waals surface area contributed by atoms with E-state index in [1.54, 1.807) is 0 Å². The monoisotopic (exact) mass is 195 g/mol. The molecule has 0 saturated heterocycles. The van der Waals surface area contributed by atoms with Gasteiger partial charge in [-0.15, -0.1) is 0 Å². The Kier molecular flexibility index (Phi) is 3.94. The zero-order chi connectivity index (χ0) is 4.99. The van der Waals surface area contributed by atoms with Crippen LogP contribution in [0.2, 0.25) is 0 Å². The Morgan fingerprint density at radius 2 is 2.50 bits per heavy atom. The molecule has 1 radical (unpaired) electrons. The van der Waals surface area contributed by atoms with E-state index >= 15 is 0 Å². The van der Waals surface area contributed by atoms with Crippen molar-refractivity contribution in [3.05, 3.63) is 16.6 Å². The maximum Gasteiger partial charge on any atom is -0.0137 e. The average molecular weight is 195 g/mol. The second-order valence-electron chi connectivity index (χ2n) is 1.00. The molecule has 1 heteroatoms. The summed E-state index contributed by atoms with van der Waals surface area (Å²) < 4.78 is 1.33. The summed E-state index contributed by atoms with van der Waals surface area (Å²) in [6, 6.07) is 0. The van der Waals surface area contributed by atoms with Crippen LogP contribution in [0.5, 0.6) is 0 Å². The molecular weight excluding hydrogens is 187 g/mol. The van der Waals surface area contributed by atoms with Crippen LogP contribution in [0, 0.1) is 6.92 Å². The van der Waals surface area contributed by atoms with Crippen LogP contribution in [-0.4, -0.2) is 0 Å². The normalized spacial score (nSPS) is 12.2. The van der Waals surface area contributed by atoms with Crippen LogP contribution < -0.4 is 0 Å². The molecule has 0 aromatic carbocycles. The van der Waals surface area contributed by atoms with E-state index in [1.807, 2.05) is 6.08 Å². The standard InChI is InChI=1S/C5H8I/c1-3-5(6)4-2/h3H,1,4H2,2H3/b5-3-. The molecular formula is C5H8I. The van der Waals surface area contributed by atoms with E-state index in [0.29, 0.717) is 0 Å². The second-order valence-corrected chi connectivity index (χ2v) is 2.39. The Morgan fingerprint density at radius 3 is 2.50 bits per heavy atom. The van der Waals surface area contributed by atoms with Gasteiger partial charge in [0.15, 0.2) is 0 Å². The predicted molar refractivity (Wildman–Crippen MR) is 37.8 cm³/mol. The van der Waals surface area contributed by atoms with Gasteiger partial charge in [0.1, 0.15) is 0 Å². The molecule has 0 unspecified atom stereocenters. The quantitative estimate of drug-likeness (QED) is 0.564. The average Bonchev–Trinajstić information content (AvgIpc) is 1.65. The lowest BCUT2D eigenvalue weighted by molar-refractivity contribution is 1.21. The Labute approximate surface area is 52.8 Å². The first-order chi connectivity index (χ1) is 2.81. The molecule has 0 atom stereocenters. The first kappa shape index (κ1) is 6.47. The van der Waals surface area contributed by atoms with Crippen molar-refractivity contribution in [2.24, 2.45) is 0 Å². The Hall–Kier alpha value is 0.470. The highest BCUT2D eigenvalue weighted by Gasteiger charge is 1.75. The van der Waals surface area contributed by atoms with Crippen molar-refractivity contribution < 1.29 is 0 Å². The van der Waals surface area contributed by atoms with E-state index in [0.717, 1.165) is 6.42 Å². The fraction of sp³-hybridized carbons (Fsp3) is 0.400. The van der Waals surface area contributed by atoms with Gasteiger partial charge >= 0.3 is 0 Å². The van der Waals surface area contributed by atoms with E-state index in [4.69, 9.17) is 0 Å². The van der Waals surface area contributed by atoms with Crippen LogP contribution in [0.3, 0.4) is 0 Å². The molecule has 0 aromatic rings. The van der Waals surface area contributed by atoms with Crippen LogP contribution in [0.15, 0.2) is 9.66 Å². The summed E-state index contributed by atoms with van der Waals surface area (Å²) in [5.74, 6) is 0. The van der Waals surface area contributed by atoms with Gasteiger partial charge in [0.05, 0.1) is 0 Å². The minimum absolute atomic E-state index is 1.12. The maximum atomic E-state index is 3.59. The molecule has 0 aliphatic carbocycles. The van der Waals surface area contributed by atoms with E-state index in [-0.39, 0.29) is 0 Å². The van der Waals surface area contributed by atoms with Gasteiger partial charge in [-0.05, 0) is 39.5 Å². The van der Waals surface area contributed by atoms with E-state index in [1.165, 1.54) is 3.58 Å². The van der Waals surface area contributed by atoms with Gasteiger partial charge in [0.2, 0.25) is 0 Å². The van der Waals surface area contributed by atoms with Gasteiger partial charge in [-0.25, -0.2) is 0 Å². The van der Waals surface area contributed by atoms with Gasteiger partial charge in [-0.1, -0.05) is 13.0 Å². The highest BCUT2D eigenvalue weighted by atomic mass is 127. The van der Waals surface area contributed by atoms with Crippen LogP contribution in [0.1, 0.15) is 13.3 Å². The molecule has 0 N–H and O–H groups in total. The largest absolute Gasteiger partial charge is 0.0749 e. The van der Waals surface area contributed by atoms with Crippen molar-refractivity contribution in [2.45, 2.75) is 13.3 Å². The molecule has 0 aromatic heterocycles. The Balaban J connectivity index is 3.22. The zero-order valence-electron chi connectivity index (χ0n) is 3.87. The molecule has 0 aliphatic rings. The van der Waals surface area contributed by atoms with Crippen molar-refractivity contribution in [1.29, 1.82) is 0 Å². The lowest BCUT2D eigenvalue weighted by Gasteiger charge is -1.82. The van der Waals surface area contributed by atoms with Crippen molar-refractivity contribution in [3.8, 4) is 0 Å². The highest BCUT2D eigenvalue weighted by molar-refractivity contribution is 14.1. The molecule has 0 bridgehead atoms. The van der Waals surface area contributed by atoms with Crippen LogP contribution >= 0.6 is 22.6 Å². The minimum Gasteiger partial charge on any atom is -0.0749 e. The number of rotatable bonds is 1. The fourth-order valence-corrected chi connectivity index (χ4v) is 0.144. The molecule has 0 spiro atoms. The molecule has 0 saturated carbocycles. The summed E-state index contributed by atoms with van der Waals surface area (Å²) in [6.07, 6.45) is 2.99. The van der Waals surface area contributed by atoms with Crippen molar-refractivity contribution >= 4 is 22.6 Å². The minimum atomic E-state index is 1.12. The number of hydrogen-bond donors (Lipinski definition) is 0. The Morgan fingerprint density at radius 1 is 2.00 bits per heavy atom. The van der Waals surface area contributed by atoms with E-state index in [9.17, 15) is 0 Å². The van der Waals surface area contributed by atoms with E-state index in [2.05, 4.69) is 36.4 Å². The SMILES string of the molecule is [CH2]/C=C(\I)CC. The van der Waals surface area contributed by atoms with Gasteiger partial charge < -0.3 is 0 Å². The molecule has 0 rings (SSSR count). The van der Waals surface area contributed by atoms with E-state index < -0.39 is 0 Å². The topological polar surface area (TPSA) is 0 Å². The number of hydrogen-bond acceptors (Lipinski definition) is 0. The first-order valence-electron chi connectivity index (χ1n) is 1.95. The summed E-state index contributed by atoms with van der Waals surface area (Å²) in [4.78, 5) is 0. The molecule has 0 heterocycles. The summed E-state index contributed by atoms with van der Waals surface area (Å²) in [7, 11) is 0. The molecule has 35 valence electrons. The lowest BCUT2D eigenvalue weighted by Crippen LogP contribution is -1.57. The predicted octanol–water partition coefficient (Wildman–Crippen LogP) is 2.55. The fourth-order valence-electron chi connectivity index (χ4n) is 0.144. The number of allylic oxidation sites excluding steroid dienone is 2. The molecule has 0 aliphatic heterocycles. The summed E-state index contributed by atoms with van der Waals surface area (Å²) in [5.41, 5.74) is 0. The zero-order valence-corrected chi connectivity index (χ0v) is 6.03. The maximum absolute atomic E-state index is 3.59. The molecule has 0 fully saturated rings. The molecule has 6 heavy (non-hydrogen) atoms. The van der Waals surface area contributed by atoms with Crippen LogP contribution in [0.25, 0.3) is 0 Å². The molecule has 0 amide bonds. The summed E-state index contributed by atoms with van der Waals surface area (Å²) >= 11 is 2.27. The highest BCUT2D eigenvalue weighted by Crippen LogP contribution is 2.07. The summed E-state index contributed by atoms with van der Waals surface area (Å²) in [5, 5.41) is 0. The third-order valence-corrected chi connectivity index (χ3v) is 1.76. The molecule has 0 nitrogen and oxygen atoms in total. The number of halogens is 1. The lowest BCUT2D eigenvalue weighted by atomic mass is 10.4. The smallest absolute Gasteiger partial charge is 0.0137 e. The van der Waals surface area contributed by atoms with Crippen molar-refractivity contribution in [3.63, 3.8) is 0 Å². The van der Waals surface area contributed by atoms with Crippen LogP contribution in [0.4, 0.5) is 0 Å². The summed E-state index contributed by atoms with van der Waals surface area (Å²) in [6.45, 7) is 5.70. The van der Waals surface area contributed by atoms with Crippen LogP contribution in [-0.2, 0) is 0 Å². The van der Waals surface area contributed by atoms with Crippen molar-refractivity contribution in [2.75, 3.05) is 0 Å². The van der Waals surface area contributed by atoms with Gasteiger partial charge in [-0.3, -0.25) is 0 Å².